The van der Waals surface area contributed by atoms with E-state index in [4.69, 9.17) is 0 Å². The third-order valence-electron chi connectivity index (χ3n) is 5.26. The summed E-state index contributed by atoms with van der Waals surface area (Å²) in [5.41, 5.74) is 5.57. The summed E-state index contributed by atoms with van der Waals surface area (Å²) in [7, 11) is 0. The molecule has 1 amide bonds. The maximum absolute atomic E-state index is 13.2. The van der Waals surface area contributed by atoms with Gasteiger partial charge in [-0.15, -0.1) is 0 Å². The minimum Gasteiger partial charge on any atom is -0.365 e. The Balaban J connectivity index is 1.57. The summed E-state index contributed by atoms with van der Waals surface area (Å²) >= 11 is 0. The number of hydrogen-bond donors (Lipinski definition) is 0. The van der Waals surface area contributed by atoms with Gasteiger partial charge in [0.15, 0.2) is 5.65 Å². The highest BCUT2D eigenvalue weighted by atomic mass is 16.2. The summed E-state index contributed by atoms with van der Waals surface area (Å²) < 4.78 is 1.74. The van der Waals surface area contributed by atoms with Crippen LogP contribution in [0.25, 0.3) is 5.65 Å². The largest absolute Gasteiger partial charge is 0.365 e. The number of nitrogens with zero attached hydrogens (tertiary/aromatic N) is 5. The number of piperazine rings is 1. The SMILES string of the molecule is Cc1cccc(N2CCN(C(=O)c3cnn4c(C)cc(C)nc34)C[C@@H]2C)c1. The average Bonchev–Trinajstić information content (AvgIpc) is 3.05. The average molecular weight is 363 g/mol. The Morgan fingerprint density at radius 1 is 1.15 bits per heavy atom. The van der Waals surface area contributed by atoms with Crippen LogP contribution in [0.3, 0.4) is 0 Å². The summed E-state index contributed by atoms with van der Waals surface area (Å²) in [6, 6.07) is 10.8. The van der Waals surface area contributed by atoms with E-state index in [9.17, 15) is 4.79 Å². The molecule has 1 saturated heterocycles. The van der Waals surface area contributed by atoms with Crippen LogP contribution in [-0.4, -0.2) is 51.1 Å². The molecule has 2 aromatic heterocycles. The number of amides is 1. The molecule has 1 aliphatic rings. The lowest BCUT2D eigenvalue weighted by Gasteiger charge is -2.41. The first-order chi connectivity index (χ1) is 12.9. The second kappa shape index (κ2) is 6.68. The number of hydrogen-bond acceptors (Lipinski definition) is 4. The molecule has 0 saturated carbocycles. The molecule has 0 aliphatic carbocycles. The van der Waals surface area contributed by atoms with Crippen molar-refractivity contribution in [3.63, 3.8) is 0 Å². The van der Waals surface area contributed by atoms with Gasteiger partial charge in [-0.2, -0.15) is 5.10 Å². The second-order valence-electron chi connectivity index (χ2n) is 7.47. The van der Waals surface area contributed by atoms with Crippen LogP contribution in [0, 0.1) is 20.8 Å². The van der Waals surface area contributed by atoms with E-state index in [0.29, 0.717) is 24.3 Å². The van der Waals surface area contributed by atoms with Crippen molar-refractivity contribution in [2.45, 2.75) is 33.7 Å². The molecule has 0 unspecified atom stereocenters. The predicted molar refractivity (Wildman–Crippen MR) is 106 cm³/mol. The number of carbonyl (C=O) groups excluding carboxylic acids is 1. The van der Waals surface area contributed by atoms with Crippen molar-refractivity contribution in [3.05, 3.63) is 59.0 Å². The molecular weight excluding hydrogens is 338 g/mol. The van der Waals surface area contributed by atoms with E-state index in [-0.39, 0.29) is 11.9 Å². The van der Waals surface area contributed by atoms with Gasteiger partial charge in [0, 0.05) is 42.8 Å². The fourth-order valence-corrected chi connectivity index (χ4v) is 3.92. The monoisotopic (exact) mass is 363 g/mol. The number of rotatable bonds is 2. The Morgan fingerprint density at radius 3 is 2.70 bits per heavy atom. The van der Waals surface area contributed by atoms with Gasteiger partial charge in [0.25, 0.3) is 5.91 Å². The second-order valence-corrected chi connectivity index (χ2v) is 7.47. The summed E-state index contributed by atoms with van der Waals surface area (Å²) in [5, 5.41) is 4.36. The Labute approximate surface area is 159 Å². The molecule has 1 aliphatic heterocycles. The van der Waals surface area contributed by atoms with Crippen molar-refractivity contribution in [1.29, 1.82) is 0 Å². The number of fused-ring (bicyclic) bond motifs is 1. The van der Waals surface area contributed by atoms with Crippen LogP contribution >= 0.6 is 0 Å². The van der Waals surface area contributed by atoms with E-state index in [1.807, 2.05) is 24.8 Å². The molecule has 6 nitrogen and oxygen atoms in total. The zero-order chi connectivity index (χ0) is 19.1. The molecule has 0 N–H and O–H groups in total. The molecule has 3 aromatic rings. The van der Waals surface area contributed by atoms with Crippen LogP contribution in [0.4, 0.5) is 5.69 Å². The molecule has 0 radical (unpaired) electrons. The topological polar surface area (TPSA) is 53.7 Å². The first-order valence-corrected chi connectivity index (χ1v) is 9.38. The summed E-state index contributed by atoms with van der Waals surface area (Å²) in [6.45, 7) is 10.4. The number of benzene rings is 1. The normalized spacial score (nSPS) is 17.6. The van der Waals surface area contributed by atoms with Gasteiger partial charge in [0.2, 0.25) is 0 Å². The summed E-state index contributed by atoms with van der Waals surface area (Å²) in [5.74, 6) is 0.0123. The van der Waals surface area contributed by atoms with Gasteiger partial charge in [0.1, 0.15) is 5.56 Å². The predicted octanol–water partition coefficient (Wildman–Crippen LogP) is 3.01. The van der Waals surface area contributed by atoms with E-state index in [0.717, 1.165) is 17.9 Å². The Kier molecular flexibility index (Phi) is 4.34. The lowest BCUT2D eigenvalue weighted by molar-refractivity contribution is 0.0728. The van der Waals surface area contributed by atoms with Crippen LogP contribution in [0.5, 0.6) is 0 Å². The molecule has 1 fully saturated rings. The minimum atomic E-state index is 0.0123. The maximum atomic E-state index is 13.2. The Hall–Kier alpha value is -2.89. The van der Waals surface area contributed by atoms with Crippen LogP contribution in [0.15, 0.2) is 36.5 Å². The Morgan fingerprint density at radius 2 is 1.96 bits per heavy atom. The lowest BCUT2D eigenvalue weighted by atomic mass is 10.1. The van der Waals surface area contributed by atoms with Crippen LogP contribution in [-0.2, 0) is 0 Å². The summed E-state index contributed by atoms with van der Waals surface area (Å²) in [4.78, 5) is 22.0. The van der Waals surface area contributed by atoms with Crippen molar-refractivity contribution in [1.82, 2.24) is 19.5 Å². The first-order valence-electron chi connectivity index (χ1n) is 9.38. The van der Waals surface area contributed by atoms with Crippen molar-refractivity contribution < 1.29 is 4.79 Å². The highest BCUT2D eigenvalue weighted by molar-refractivity contribution is 5.99. The van der Waals surface area contributed by atoms with Crippen LogP contribution in [0.1, 0.15) is 34.2 Å². The fourth-order valence-electron chi connectivity index (χ4n) is 3.92. The quantitative estimate of drug-likeness (QED) is 0.702. The van der Waals surface area contributed by atoms with Crippen molar-refractivity contribution in [2.75, 3.05) is 24.5 Å². The molecule has 1 aromatic carbocycles. The van der Waals surface area contributed by atoms with E-state index >= 15 is 0 Å². The van der Waals surface area contributed by atoms with Gasteiger partial charge >= 0.3 is 0 Å². The van der Waals surface area contributed by atoms with Crippen molar-refractivity contribution in [2.24, 2.45) is 0 Å². The smallest absolute Gasteiger partial charge is 0.259 e. The molecule has 0 bridgehead atoms. The first kappa shape index (κ1) is 17.5. The molecule has 4 rings (SSSR count). The van der Waals surface area contributed by atoms with Crippen LogP contribution < -0.4 is 4.90 Å². The third-order valence-corrected chi connectivity index (χ3v) is 5.26. The zero-order valence-corrected chi connectivity index (χ0v) is 16.3. The highest BCUT2D eigenvalue weighted by Gasteiger charge is 2.29. The fraction of sp³-hybridized carbons (Fsp3) is 0.381. The van der Waals surface area contributed by atoms with Gasteiger partial charge in [-0.3, -0.25) is 4.79 Å². The third kappa shape index (κ3) is 3.16. The molecule has 27 heavy (non-hydrogen) atoms. The van der Waals surface area contributed by atoms with E-state index < -0.39 is 0 Å². The van der Waals surface area contributed by atoms with Crippen molar-refractivity contribution >= 4 is 17.2 Å². The van der Waals surface area contributed by atoms with Crippen LogP contribution in [0.2, 0.25) is 0 Å². The molecule has 140 valence electrons. The van der Waals surface area contributed by atoms with Gasteiger partial charge < -0.3 is 9.80 Å². The van der Waals surface area contributed by atoms with E-state index in [1.165, 1.54) is 11.3 Å². The molecule has 6 heteroatoms. The van der Waals surface area contributed by atoms with Gasteiger partial charge in [-0.25, -0.2) is 9.50 Å². The lowest BCUT2D eigenvalue weighted by Crippen LogP contribution is -2.53. The standard InChI is InChI=1S/C21H25N5O/c1-14-6-5-7-18(10-14)25-9-8-24(13-17(25)4)21(27)19-12-22-26-16(3)11-15(2)23-20(19)26/h5-7,10-12,17H,8-9,13H2,1-4H3/t17-/m0/s1. The maximum Gasteiger partial charge on any atom is 0.259 e. The number of aryl methyl sites for hydroxylation is 3. The number of anilines is 1. The summed E-state index contributed by atoms with van der Waals surface area (Å²) in [6.07, 6.45) is 1.65. The highest BCUT2D eigenvalue weighted by Crippen LogP contribution is 2.23. The molecule has 1 atom stereocenters. The Bertz CT molecular complexity index is 1010. The molecule has 0 spiro atoms. The van der Waals surface area contributed by atoms with E-state index in [1.54, 1.807) is 10.7 Å². The molecular formula is C21H25N5O. The van der Waals surface area contributed by atoms with Gasteiger partial charge in [0.05, 0.1) is 6.20 Å². The minimum absolute atomic E-state index is 0.0123. The van der Waals surface area contributed by atoms with Crippen molar-refractivity contribution in [3.8, 4) is 0 Å². The van der Waals surface area contributed by atoms with Gasteiger partial charge in [-0.1, -0.05) is 12.1 Å². The number of aromatic nitrogens is 3. The zero-order valence-electron chi connectivity index (χ0n) is 16.3. The number of carbonyl (C=O) groups is 1. The van der Waals surface area contributed by atoms with Gasteiger partial charge in [-0.05, 0) is 51.5 Å². The molecule has 3 heterocycles. The van der Waals surface area contributed by atoms with E-state index in [2.05, 4.69) is 53.1 Å².